The minimum atomic E-state index is -0.220. The van der Waals surface area contributed by atoms with Crippen molar-refractivity contribution in [3.8, 4) is 0 Å². The fraction of sp³-hybridized carbons (Fsp3) is 0.784. The maximum Gasteiger partial charge on any atom is 0.305 e. The van der Waals surface area contributed by atoms with Crippen LogP contribution in [0.3, 0.4) is 0 Å². The highest BCUT2D eigenvalue weighted by atomic mass is 16.5. The van der Waals surface area contributed by atoms with Crippen LogP contribution in [0.2, 0.25) is 0 Å². The van der Waals surface area contributed by atoms with Crippen molar-refractivity contribution in [2.75, 3.05) is 59.0 Å². The van der Waals surface area contributed by atoms with Gasteiger partial charge in [-0.05, 0) is 121 Å². The lowest BCUT2D eigenvalue weighted by atomic mass is 9.85. The largest absolute Gasteiger partial charge is 0.464 e. The normalized spacial score (nSPS) is 16.2. The van der Waals surface area contributed by atoms with E-state index in [2.05, 4.69) is 67.4 Å². The molecule has 1 fully saturated rings. The molecule has 0 aromatic carbocycles. The molecule has 0 bridgehead atoms. The smallest absolute Gasteiger partial charge is 0.305 e. The molecule has 0 spiro atoms. The van der Waals surface area contributed by atoms with Crippen LogP contribution in [0.5, 0.6) is 0 Å². The van der Waals surface area contributed by atoms with Crippen molar-refractivity contribution in [3.05, 3.63) is 48.6 Å². The topological polar surface area (TPSA) is 128 Å². The van der Waals surface area contributed by atoms with Crippen LogP contribution < -0.4 is 11.5 Å². The van der Waals surface area contributed by atoms with E-state index in [1.165, 1.54) is 77.0 Å². The molecule has 1 aliphatic heterocycles. The third kappa shape index (κ3) is 33.9. The molecule has 2 atom stereocenters. The van der Waals surface area contributed by atoms with Crippen molar-refractivity contribution in [2.45, 2.75) is 187 Å². The number of unbranched alkanes of at least 4 members (excludes halogenated alkanes) is 16. The maximum absolute atomic E-state index is 13.7. The number of esters is 2. The average molecular weight is 841 g/mol. The van der Waals surface area contributed by atoms with Gasteiger partial charge in [0.1, 0.15) is 13.2 Å². The van der Waals surface area contributed by atoms with E-state index in [0.29, 0.717) is 37.8 Å². The Bertz CT molecular complexity index is 1080. The summed E-state index contributed by atoms with van der Waals surface area (Å²) in [4.78, 5) is 42.8. The van der Waals surface area contributed by atoms with Gasteiger partial charge in [0.2, 0.25) is 5.91 Å². The lowest BCUT2D eigenvalue weighted by Gasteiger charge is -2.38. The third-order valence-corrected chi connectivity index (χ3v) is 11.5. The van der Waals surface area contributed by atoms with Crippen LogP contribution in [0.1, 0.15) is 187 Å². The summed E-state index contributed by atoms with van der Waals surface area (Å²) in [6.07, 6.45) is 46.9. The zero-order chi connectivity index (χ0) is 43.6. The van der Waals surface area contributed by atoms with Gasteiger partial charge in [0.25, 0.3) is 0 Å². The highest BCUT2D eigenvalue weighted by molar-refractivity contribution is 5.78. The zero-order valence-electron chi connectivity index (χ0n) is 38.8. The van der Waals surface area contributed by atoms with Crippen LogP contribution in [-0.2, 0) is 23.9 Å². The molecular formula is C51H92N4O5. The standard InChI is InChI=1S/C51H92N4O5/c1-3-5-7-9-11-13-15-17-19-21-23-25-27-29-31-33-50(57)59-41-39-55(49(56)46-54-44-47(35-37-52)43-48(45-54)36-38-53)40-42-60-51(58)34-32-30-28-26-24-22-20-18-16-14-12-10-8-6-4-2/h11-14,17-20,47-48H,3-10,15-16,21-46,52-53H2,1-2H3/b13-11-,14-12-,19-17-,20-18-. The highest BCUT2D eigenvalue weighted by Gasteiger charge is 2.29. The number of hydrogen-bond donors (Lipinski definition) is 2. The molecule has 0 aliphatic carbocycles. The van der Waals surface area contributed by atoms with E-state index in [4.69, 9.17) is 20.9 Å². The summed E-state index contributed by atoms with van der Waals surface area (Å²) in [5.41, 5.74) is 11.8. The van der Waals surface area contributed by atoms with Crippen molar-refractivity contribution in [1.82, 2.24) is 9.80 Å². The fourth-order valence-corrected chi connectivity index (χ4v) is 7.94. The van der Waals surface area contributed by atoms with Crippen LogP contribution in [0, 0.1) is 11.8 Å². The number of hydrogen-bond acceptors (Lipinski definition) is 8. The van der Waals surface area contributed by atoms with E-state index in [-0.39, 0.29) is 50.7 Å². The van der Waals surface area contributed by atoms with Crippen LogP contribution >= 0.6 is 0 Å². The first-order valence-electron chi connectivity index (χ1n) is 24.7. The van der Waals surface area contributed by atoms with Gasteiger partial charge >= 0.3 is 11.9 Å². The Balaban J connectivity index is 2.40. The summed E-state index contributed by atoms with van der Waals surface area (Å²) in [5.74, 6) is 0.424. The van der Waals surface area contributed by atoms with E-state index in [1.54, 1.807) is 4.90 Å². The van der Waals surface area contributed by atoms with E-state index < -0.39 is 0 Å². The van der Waals surface area contributed by atoms with Gasteiger partial charge in [0.15, 0.2) is 0 Å². The molecule has 1 saturated heterocycles. The Morgan fingerprint density at radius 3 is 1.33 bits per heavy atom. The Labute approximate surface area is 368 Å². The van der Waals surface area contributed by atoms with Gasteiger partial charge in [-0.2, -0.15) is 0 Å². The van der Waals surface area contributed by atoms with E-state index >= 15 is 0 Å². The lowest BCUT2D eigenvalue weighted by molar-refractivity contribution is -0.148. The molecule has 0 aromatic rings. The Morgan fingerprint density at radius 1 is 0.550 bits per heavy atom. The maximum atomic E-state index is 13.7. The fourth-order valence-electron chi connectivity index (χ4n) is 7.94. The van der Waals surface area contributed by atoms with E-state index in [9.17, 15) is 14.4 Å². The van der Waals surface area contributed by atoms with Crippen LogP contribution in [0.4, 0.5) is 0 Å². The van der Waals surface area contributed by atoms with Crippen molar-refractivity contribution in [1.29, 1.82) is 0 Å². The first-order chi connectivity index (χ1) is 29.4. The number of likely N-dealkylation sites (tertiary alicyclic amines) is 1. The summed E-state index contributed by atoms with van der Waals surface area (Å²) in [5, 5.41) is 0. The molecule has 0 aromatic heterocycles. The molecule has 0 radical (unpaired) electrons. The number of ether oxygens (including phenoxy) is 2. The Kier molecular flexibility index (Phi) is 38.3. The predicted molar refractivity (Wildman–Crippen MR) is 253 cm³/mol. The van der Waals surface area contributed by atoms with E-state index in [0.717, 1.165) is 96.6 Å². The summed E-state index contributed by atoms with van der Waals surface area (Å²) >= 11 is 0. The number of nitrogens with two attached hydrogens (primary N) is 2. The van der Waals surface area contributed by atoms with Crippen molar-refractivity contribution < 1.29 is 23.9 Å². The van der Waals surface area contributed by atoms with Gasteiger partial charge in [-0.1, -0.05) is 127 Å². The average Bonchev–Trinajstić information content (AvgIpc) is 3.23. The number of allylic oxidation sites excluding steroid dienone is 8. The molecular weight excluding hydrogens is 749 g/mol. The number of rotatable bonds is 40. The second-order valence-electron chi connectivity index (χ2n) is 17.1. The molecule has 1 aliphatic rings. The van der Waals surface area contributed by atoms with Gasteiger partial charge in [0.05, 0.1) is 19.6 Å². The summed E-state index contributed by atoms with van der Waals surface area (Å²) < 4.78 is 11.2. The van der Waals surface area contributed by atoms with Crippen LogP contribution in [0.25, 0.3) is 0 Å². The second kappa shape index (κ2) is 41.6. The molecule has 1 amide bonds. The van der Waals surface area contributed by atoms with Crippen LogP contribution in [0.15, 0.2) is 48.6 Å². The minimum absolute atomic E-state index is 0.0376. The number of amides is 1. The van der Waals surface area contributed by atoms with Gasteiger partial charge in [-0.3, -0.25) is 19.3 Å². The number of carbonyl (C=O) groups is 3. The Morgan fingerprint density at radius 2 is 0.933 bits per heavy atom. The van der Waals surface area contributed by atoms with Crippen molar-refractivity contribution in [3.63, 3.8) is 0 Å². The molecule has 60 heavy (non-hydrogen) atoms. The summed E-state index contributed by atoms with van der Waals surface area (Å²) in [6, 6.07) is 0. The molecule has 1 rings (SSSR count). The van der Waals surface area contributed by atoms with Gasteiger partial charge < -0.3 is 25.8 Å². The molecule has 1 heterocycles. The molecule has 4 N–H and O–H groups in total. The number of carbonyl (C=O) groups excluding carboxylic acids is 3. The van der Waals surface area contributed by atoms with E-state index in [1.807, 2.05) is 0 Å². The minimum Gasteiger partial charge on any atom is -0.464 e. The molecule has 9 heteroatoms. The number of piperidine rings is 1. The monoisotopic (exact) mass is 841 g/mol. The van der Waals surface area contributed by atoms with Gasteiger partial charge in [0, 0.05) is 25.9 Å². The first kappa shape index (κ1) is 55.3. The number of nitrogens with zero attached hydrogens (tertiary/aromatic N) is 2. The van der Waals surface area contributed by atoms with Gasteiger partial charge in [-0.25, -0.2) is 0 Å². The van der Waals surface area contributed by atoms with Gasteiger partial charge in [-0.15, -0.1) is 0 Å². The SMILES string of the molecule is CCCCC/C=C\C/C=C\CCCCCCCC(=O)OCCN(CCOC(=O)CCCCCCC/C=C\C/C=C\CCCCC)C(=O)CN1CC(CCN)CC(CCN)C1. The van der Waals surface area contributed by atoms with Crippen LogP contribution in [-0.4, -0.2) is 86.7 Å². The van der Waals surface area contributed by atoms with Crippen molar-refractivity contribution in [2.24, 2.45) is 23.3 Å². The highest BCUT2D eigenvalue weighted by Crippen LogP contribution is 2.26. The Hall–Kier alpha value is -2.75. The second-order valence-corrected chi connectivity index (χ2v) is 17.1. The zero-order valence-corrected chi connectivity index (χ0v) is 38.8. The lowest BCUT2D eigenvalue weighted by Crippen LogP contribution is -2.48. The predicted octanol–water partition coefficient (Wildman–Crippen LogP) is 11.2. The first-order valence-corrected chi connectivity index (χ1v) is 24.7. The summed E-state index contributed by atoms with van der Waals surface area (Å²) in [7, 11) is 0. The molecule has 346 valence electrons. The van der Waals surface area contributed by atoms with Crippen molar-refractivity contribution >= 4 is 17.8 Å². The quantitative estimate of drug-likeness (QED) is 0.0355. The molecule has 2 unspecified atom stereocenters. The summed E-state index contributed by atoms with van der Waals surface area (Å²) in [6.45, 7) is 8.52. The molecule has 9 nitrogen and oxygen atoms in total. The third-order valence-electron chi connectivity index (χ3n) is 11.5. The molecule has 0 saturated carbocycles.